The molecule has 1 aliphatic rings. The second-order valence-electron chi connectivity index (χ2n) is 5.06. The zero-order valence-electron chi connectivity index (χ0n) is 10.9. The van der Waals surface area contributed by atoms with Crippen LogP contribution in [0.5, 0.6) is 5.75 Å². The van der Waals surface area contributed by atoms with Crippen molar-refractivity contribution in [2.24, 2.45) is 0 Å². The number of phenolic OH excluding ortho intramolecular Hbond substituents is 1. The molecule has 1 aliphatic heterocycles. The number of hydrogen-bond donors (Lipinski definition) is 1. The number of phenols is 1. The van der Waals surface area contributed by atoms with Crippen molar-refractivity contribution in [3.05, 3.63) is 29.6 Å². The molecule has 2 aromatic rings. The maximum Gasteiger partial charge on any atom is 0.258 e. The number of aryl methyl sites for hydroxylation is 1. The van der Waals surface area contributed by atoms with Crippen molar-refractivity contribution < 1.29 is 18.0 Å². The summed E-state index contributed by atoms with van der Waals surface area (Å²) in [6, 6.07) is 5.09. The molecule has 1 aromatic heterocycles. The van der Waals surface area contributed by atoms with Crippen molar-refractivity contribution >= 4 is 9.84 Å². The first-order valence-corrected chi connectivity index (χ1v) is 8.11. The number of aromatic hydroxyl groups is 1. The van der Waals surface area contributed by atoms with E-state index in [-0.39, 0.29) is 23.2 Å². The molecule has 0 saturated carbocycles. The number of sulfone groups is 1. The number of nitrogens with zero attached hydrogens (tertiary/aromatic N) is 2. The number of benzene rings is 1. The minimum atomic E-state index is -2.97. The standard InChI is InChI=1S/C13H14N2O4S/c1-8-2-3-9(6-11(8)16)13-14-12(15-19-13)10-4-5-20(17,18)7-10/h2-3,6,10,16H,4-5,7H2,1H3. The van der Waals surface area contributed by atoms with Crippen molar-refractivity contribution in [2.75, 3.05) is 11.5 Å². The second kappa shape index (κ2) is 4.59. The lowest BCUT2D eigenvalue weighted by molar-refractivity contribution is 0.417. The number of rotatable bonds is 2. The van der Waals surface area contributed by atoms with Crippen LogP contribution in [0.1, 0.15) is 23.7 Å². The molecule has 7 heteroatoms. The van der Waals surface area contributed by atoms with Crippen molar-refractivity contribution in [1.82, 2.24) is 10.1 Å². The molecular formula is C13H14N2O4S. The van der Waals surface area contributed by atoms with Gasteiger partial charge in [-0.05, 0) is 31.0 Å². The van der Waals surface area contributed by atoms with E-state index in [0.717, 1.165) is 5.56 Å². The Labute approximate surface area is 116 Å². The molecule has 0 radical (unpaired) electrons. The van der Waals surface area contributed by atoms with E-state index in [1.54, 1.807) is 25.1 Å². The van der Waals surface area contributed by atoms with E-state index in [2.05, 4.69) is 10.1 Å². The Morgan fingerprint density at radius 3 is 2.85 bits per heavy atom. The van der Waals surface area contributed by atoms with Crippen LogP contribution in [0.25, 0.3) is 11.5 Å². The largest absolute Gasteiger partial charge is 0.508 e. The van der Waals surface area contributed by atoms with E-state index in [1.807, 2.05) is 0 Å². The molecule has 0 bridgehead atoms. The molecule has 1 aromatic carbocycles. The second-order valence-corrected chi connectivity index (χ2v) is 7.29. The van der Waals surface area contributed by atoms with Crippen molar-refractivity contribution in [1.29, 1.82) is 0 Å². The normalized spacial score (nSPS) is 21.1. The van der Waals surface area contributed by atoms with Gasteiger partial charge in [-0.1, -0.05) is 11.2 Å². The molecule has 6 nitrogen and oxygen atoms in total. The predicted molar refractivity (Wildman–Crippen MR) is 72.1 cm³/mol. The zero-order chi connectivity index (χ0) is 14.3. The van der Waals surface area contributed by atoms with Crippen molar-refractivity contribution in [3.63, 3.8) is 0 Å². The summed E-state index contributed by atoms with van der Waals surface area (Å²) in [5.41, 5.74) is 1.38. The Balaban J connectivity index is 1.89. The SMILES string of the molecule is Cc1ccc(-c2nc(C3CCS(=O)(=O)C3)no2)cc1O. The summed E-state index contributed by atoms with van der Waals surface area (Å²) in [6.07, 6.45) is 0.528. The Kier molecular flexibility index (Phi) is 3.01. The van der Waals surface area contributed by atoms with E-state index in [4.69, 9.17) is 4.52 Å². The lowest BCUT2D eigenvalue weighted by Crippen LogP contribution is -2.05. The van der Waals surface area contributed by atoms with Gasteiger partial charge in [0.2, 0.25) is 0 Å². The quantitative estimate of drug-likeness (QED) is 0.905. The highest BCUT2D eigenvalue weighted by Crippen LogP contribution is 2.30. The third kappa shape index (κ3) is 2.40. The maximum atomic E-state index is 11.5. The minimum absolute atomic E-state index is 0.0745. The van der Waals surface area contributed by atoms with Crippen LogP contribution in [0, 0.1) is 6.92 Å². The van der Waals surface area contributed by atoms with E-state index >= 15 is 0 Å². The average Bonchev–Trinajstić information content (AvgIpc) is 2.99. The van der Waals surface area contributed by atoms with Crippen molar-refractivity contribution in [2.45, 2.75) is 19.3 Å². The van der Waals surface area contributed by atoms with Gasteiger partial charge in [-0.25, -0.2) is 8.42 Å². The third-order valence-corrected chi connectivity index (χ3v) is 5.26. The first-order chi connectivity index (χ1) is 9.44. The van der Waals surface area contributed by atoms with Crippen molar-refractivity contribution in [3.8, 4) is 17.2 Å². The molecule has 1 unspecified atom stereocenters. The fourth-order valence-corrected chi connectivity index (χ4v) is 4.00. The Hall–Kier alpha value is -1.89. The van der Waals surface area contributed by atoms with Crippen LogP contribution in [0.4, 0.5) is 0 Å². The molecule has 0 spiro atoms. The van der Waals surface area contributed by atoms with Crippen LogP contribution in [-0.2, 0) is 9.84 Å². The van der Waals surface area contributed by atoms with Gasteiger partial charge in [0, 0.05) is 11.5 Å². The van der Waals surface area contributed by atoms with E-state index < -0.39 is 9.84 Å². The highest BCUT2D eigenvalue weighted by molar-refractivity contribution is 7.91. The van der Waals surface area contributed by atoms with Crippen LogP contribution in [0.15, 0.2) is 22.7 Å². The third-order valence-electron chi connectivity index (χ3n) is 3.50. The Morgan fingerprint density at radius 1 is 1.40 bits per heavy atom. The molecule has 0 amide bonds. The van der Waals surface area contributed by atoms with Gasteiger partial charge in [-0.2, -0.15) is 4.98 Å². The lowest BCUT2D eigenvalue weighted by atomic mass is 10.1. The van der Waals surface area contributed by atoms with Crippen LogP contribution < -0.4 is 0 Å². The molecule has 0 aliphatic carbocycles. The van der Waals surface area contributed by atoms with Crippen LogP contribution in [0.2, 0.25) is 0 Å². The summed E-state index contributed by atoms with van der Waals surface area (Å²) in [6.45, 7) is 1.79. The molecule has 20 heavy (non-hydrogen) atoms. The van der Waals surface area contributed by atoms with Gasteiger partial charge in [0.1, 0.15) is 5.75 Å². The molecule has 3 rings (SSSR count). The first-order valence-electron chi connectivity index (χ1n) is 6.29. The Bertz CT molecular complexity index is 751. The molecule has 106 valence electrons. The van der Waals surface area contributed by atoms with Gasteiger partial charge in [0.05, 0.1) is 11.5 Å². The van der Waals surface area contributed by atoms with E-state index in [9.17, 15) is 13.5 Å². The summed E-state index contributed by atoms with van der Waals surface area (Å²) in [5, 5.41) is 13.5. The summed E-state index contributed by atoms with van der Waals surface area (Å²) >= 11 is 0. The fraction of sp³-hybridized carbons (Fsp3) is 0.385. The average molecular weight is 294 g/mol. The van der Waals surface area contributed by atoms with Gasteiger partial charge < -0.3 is 9.63 Å². The zero-order valence-corrected chi connectivity index (χ0v) is 11.7. The summed E-state index contributed by atoms with van der Waals surface area (Å²) < 4.78 is 28.1. The molecule has 1 atom stereocenters. The van der Waals surface area contributed by atoms with Crippen LogP contribution >= 0.6 is 0 Å². The highest BCUT2D eigenvalue weighted by Gasteiger charge is 2.32. The topological polar surface area (TPSA) is 93.3 Å². The number of aromatic nitrogens is 2. The van der Waals surface area contributed by atoms with E-state index in [1.165, 1.54) is 0 Å². The molecule has 1 saturated heterocycles. The highest BCUT2D eigenvalue weighted by atomic mass is 32.2. The van der Waals surface area contributed by atoms with Crippen LogP contribution in [0.3, 0.4) is 0 Å². The smallest absolute Gasteiger partial charge is 0.258 e. The molecule has 2 heterocycles. The summed E-state index contributed by atoms with van der Waals surface area (Å²) in [5.74, 6) is 0.917. The summed E-state index contributed by atoms with van der Waals surface area (Å²) in [4.78, 5) is 4.25. The molecule has 1 fully saturated rings. The first kappa shape index (κ1) is 13.1. The molecular weight excluding hydrogens is 280 g/mol. The number of hydrogen-bond acceptors (Lipinski definition) is 6. The fourth-order valence-electron chi connectivity index (χ4n) is 2.26. The predicted octanol–water partition coefficient (Wildman–Crippen LogP) is 1.65. The monoisotopic (exact) mass is 294 g/mol. The van der Waals surface area contributed by atoms with Gasteiger partial charge in [-0.3, -0.25) is 0 Å². The van der Waals surface area contributed by atoms with E-state index in [0.29, 0.717) is 23.7 Å². The summed E-state index contributed by atoms with van der Waals surface area (Å²) in [7, 11) is -2.97. The molecule has 1 N–H and O–H groups in total. The van der Waals surface area contributed by atoms with Gasteiger partial charge >= 0.3 is 0 Å². The van der Waals surface area contributed by atoms with Crippen LogP contribution in [-0.4, -0.2) is 35.2 Å². The van der Waals surface area contributed by atoms with Gasteiger partial charge in [0.25, 0.3) is 5.89 Å². The minimum Gasteiger partial charge on any atom is -0.508 e. The Morgan fingerprint density at radius 2 is 2.20 bits per heavy atom. The maximum absolute atomic E-state index is 11.5. The van der Waals surface area contributed by atoms with Gasteiger partial charge in [-0.15, -0.1) is 0 Å². The van der Waals surface area contributed by atoms with Gasteiger partial charge in [0.15, 0.2) is 15.7 Å². The lowest BCUT2D eigenvalue weighted by Gasteiger charge is -2.00.